The van der Waals surface area contributed by atoms with Crippen molar-refractivity contribution in [3.05, 3.63) is 35.9 Å². The highest BCUT2D eigenvalue weighted by Gasteiger charge is 2.15. The van der Waals surface area contributed by atoms with Gasteiger partial charge in [-0.05, 0) is 26.0 Å². The van der Waals surface area contributed by atoms with Crippen LogP contribution in [-0.2, 0) is 4.79 Å². The van der Waals surface area contributed by atoms with Crippen LogP contribution in [0.25, 0.3) is 0 Å². The minimum atomic E-state index is -0.155. The van der Waals surface area contributed by atoms with E-state index >= 15 is 0 Å². The Bertz CT molecular complexity index is 324. The number of carbonyl (C=O) groups excluding carboxylic acids is 1. The monoisotopic (exact) mass is 220 g/mol. The molecular formula is C13H20N2O. The molecule has 0 saturated carbocycles. The molecule has 3 nitrogen and oxygen atoms in total. The van der Waals surface area contributed by atoms with Gasteiger partial charge in [0.25, 0.3) is 0 Å². The summed E-state index contributed by atoms with van der Waals surface area (Å²) in [6, 6.07) is 9.99. The zero-order valence-electron chi connectivity index (χ0n) is 10.2. The van der Waals surface area contributed by atoms with E-state index in [1.54, 1.807) is 7.05 Å². The van der Waals surface area contributed by atoms with Crippen LogP contribution in [0.2, 0.25) is 0 Å². The topological polar surface area (TPSA) is 41.1 Å². The largest absolute Gasteiger partial charge is 0.348 e. The molecule has 0 heterocycles. The molecule has 0 spiro atoms. The molecule has 0 radical (unpaired) electrons. The summed E-state index contributed by atoms with van der Waals surface area (Å²) in [6.07, 6.45) is 0.895. The normalized spacial score (nSPS) is 14.2. The average Bonchev–Trinajstić information content (AvgIpc) is 2.35. The molecule has 2 N–H and O–H groups in total. The first-order chi connectivity index (χ1) is 7.69. The Kier molecular flexibility index (Phi) is 4.99. The standard InChI is InChI=1S/C13H20N2O/c1-4-12(11-8-6-5-7-9-11)15-13(16)10(2)14-3/h5-10,12,14H,4H2,1-3H3,(H,15,16)/t10-,12+/m0/s1. The van der Waals surface area contributed by atoms with E-state index in [9.17, 15) is 4.79 Å². The highest BCUT2D eigenvalue weighted by Crippen LogP contribution is 2.15. The fraction of sp³-hybridized carbons (Fsp3) is 0.462. The number of benzene rings is 1. The summed E-state index contributed by atoms with van der Waals surface area (Å²) in [5, 5.41) is 5.97. The summed E-state index contributed by atoms with van der Waals surface area (Å²) in [5.74, 6) is 0.0400. The van der Waals surface area contributed by atoms with Crippen molar-refractivity contribution in [2.24, 2.45) is 0 Å². The fourth-order valence-corrected chi connectivity index (χ4v) is 1.53. The van der Waals surface area contributed by atoms with E-state index in [-0.39, 0.29) is 18.0 Å². The molecule has 3 heteroatoms. The Hall–Kier alpha value is -1.35. The van der Waals surface area contributed by atoms with Gasteiger partial charge in [-0.15, -0.1) is 0 Å². The molecule has 1 aromatic rings. The Balaban J connectivity index is 2.66. The first-order valence-electron chi connectivity index (χ1n) is 5.71. The molecule has 0 unspecified atom stereocenters. The summed E-state index contributed by atoms with van der Waals surface area (Å²) < 4.78 is 0. The third-order valence-corrected chi connectivity index (χ3v) is 2.75. The predicted molar refractivity (Wildman–Crippen MR) is 66.1 cm³/mol. The summed E-state index contributed by atoms with van der Waals surface area (Å²) in [5.41, 5.74) is 1.15. The van der Waals surface area contributed by atoms with Crippen LogP contribution in [-0.4, -0.2) is 19.0 Å². The summed E-state index contributed by atoms with van der Waals surface area (Å²) in [6.45, 7) is 3.93. The van der Waals surface area contributed by atoms with Gasteiger partial charge in [-0.2, -0.15) is 0 Å². The quantitative estimate of drug-likeness (QED) is 0.795. The molecule has 1 amide bonds. The van der Waals surface area contributed by atoms with Gasteiger partial charge in [0, 0.05) is 0 Å². The van der Waals surface area contributed by atoms with Crippen molar-refractivity contribution >= 4 is 5.91 Å². The van der Waals surface area contributed by atoms with E-state index in [1.165, 1.54) is 0 Å². The summed E-state index contributed by atoms with van der Waals surface area (Å²) in [7, 11) is 1.79. The highest BCUT2D eigenvalue weighted by atomic mass is 16.2. The van der Waals surface area contributed by atoms with Crippen molar-refractivity contribution in [2.75, 3.05) is 7.05 Å². The second-order valence-corrected chi connectivity index (χ2v) is 3.89. The number of nitrogens with one attached hydrogen (secondary N) is 2. The Morgan fingerprint density at radius 3 is 2.44 bits per heavy atom. The van der Waals surface area contributed by atoms with Crippen LogP contribution in [0.3, 0.4) is 0 Å². The Morgan fingerprint density at radius 2 is 1.94 bits per heavy atom. The second-order valence-electron chi connectivity index (χ2n) is 3.89. The molecule has 2 atom stereocenters. The highest BCUT2D eigenvalue weighted by molar-refractivity contribution is 5.81. The molecule has 16 heavy (non-hydrogen) atoms. The first-order valence-corrected chi connectivity index (χ1v) is 5.71. The number of carbonyl (C=O) groups is 1. The maximum absolute atomic E-state index is 11.7. The molecule has 0 aliphatic carbocycles. The van der Waals surface area contributed by atoms with Crippen LogP contribution >= 0.6 is 0 Å². The van der Waals surface area contributed by atoms with E-state index < -0.39 is 0 Å². The lowest BCUT2D eigenvalue weighted by atomic mass is 10.0. The van der Waals surface area contributed by atoms with E-state index in [4.69, 9.17) is 0 Å². The molecule has 88 valence electrons. The van der Waals surface area contributed by atoms with Crippen molar-refractivity contribution in [1.29, 1.82) is 0 Å². The molecule has 0 bridgehead atoms. The predicted octanol–water partition coefficient (Wildman–Crippen LogP) is 1.86. The summed E-state index contributed by atoms with van der Waals surface area (Å²) in [4.78, 5) is 11.7. The van der Waals surface area contributed by atoms with Gasteiger partial charge in [-0.1, -0.05) is 37.3 Å². The van der Waals surface area contributed by atoms with Crippen molar-refractivity contribution in [3.63, 3.8) is 0 Å². The van der Waals surface area contributed by atoms with Gasteiger partial charge in [0.1, 0.15) is 0 Å². The fourth-order valence-electron chi connectivity index (χ4n) is 1.53. The number of hydrogen-bond donors (Lipinski definition) is 2. The van der Waals surface area contributed by atoms with Crippen LogP contribution in [0.5, 0.6) is 0 Å². The van der Waals surface area contributed by atoms with Crippen LogP contribution in [0.4, 0.5) is 0 Å². The molecule has 0 saturated heterocycles. The van der Waals surface area contributed by atoms with Crippen molar-refractivity contribution < 1.29 is 4.79 Å². The lowest BCUT2D eigenvalue weighted by Gasteiger charge is -2.20. The lowest BCUT2D eigenvalue weighted by Crippen LogP contribution is -2.41. The maximum Gasteiger partial charge on any atom is 0.237 e. The Morgan fingerprint density at radius 1 is 1.31 bits per heavy atom. The summed E-state index contributed by atoms with van der Waals surface area (Å²) >= 11 is 0. The van der Waals surface area contributed by atoms with E-state index in [1.807, 2.05) is 37.3 Å². The first kappa shape index (κ1) is 12.7. The molecule has 1 rings (SSSR count). The van der Waals surface area contributed by atoms with Crippen molar-refractivity contribution in [3.8, 4) is 0 Å². The van der Waals surface area contributed by atoms with E-state index in [0.717, 1.165) is 12.0 Å². The van der Waals surface area contributed by atoms with Crippen LogP contribution in [0.1, 0.15) is 31.9 Å². The van der Waals surface area contributed by atoms with Crippen LogP contribution in [0, 0.1) is 0 Å². The van der Waals surface area contributed by atoms with Gasteiger partial charge in [-0.25, -0.2) is 0 Å². The molecule has 0 aliphatic rings. The molecular weight excluding hydrogens is 200 g/mol. The van der Waals surface area contributed by atoms with Gasteiger partial charge >= 0.3 is 0 Å². The zero-order valence-corrected chi connectivity index (χ0v) is 10.2. The number of likely N-dealkylation sites (N-methyl/N-ethyl adjacent to an activating group) is 1. The van der Waals surface area contributed by atoms with Gasteiger partial charge < -0.3 is 10.6 Å². The van der Waals surface area contributed by atoms with Gasteiger partial charge in [0.2, 0.25) is 5.91 Å². The molecule has 0 aliphatic heterocycles. The van der Waals surface area contributed by atoms with Gasteiger partial charge in [-0.3, -0.25) is 4.79 Å². The van der Waals surface area contributed by atoms with E-state index in [2.05, 4.69) is 17.6 Å². The zero-order chi connectivity index (χ0) is 12.0. The third kappa shape index (κ3) is 3.35. The van der Waals surface area contributed by atoms with Gasteiger partial charge in [0.15, 0.2) is 0 Å². The lowest BCUT2D eigenvalue weighted by molar-refractivity contribution is -0.123. The second kappa shape index (κ2) is 6.28. The minimum absolute atomic E-state index is 0.0400. The van der Waals surface area contributed by atoms with Crippen molar-refractivity contribution in [1.82, 2.24) is 10.6 Å². The molecule has 0 fully saturated rings. The smallest absolute Gasteiger partial charge is 0.237 e. The average molecular weight is 220 g/mol. The molecule has 0 aromatic heterocycles. The number of amides is 1. The van der Waals surface area contributed by atoms with Crippen molar-refractivity contribution in [2.45, 2.75) is 32.4 Å². The maximum atomic E-state index is 11.7. The van der Waals surface area contributed by atoms with Crippen LogP contribution < -0.4 is 10.6 Å². The van der Waals surface area contributed by atoms with Gasteiger partial charge in [0.05, 0.1) is 12.1 Å². The van der Waals surface area contributed by atoms with Crippen LogP contribution in [0.15, 0.2) is 30.3 Å². The minimum Gasteiger partial charge on any atom is -0.348 e. The molecule has 1 aromatic carbocycles. The third-order valence-electron chi connectivity index (χ3n) is 2.75. The number of hydrogen-bond acceptors (Lipinski definition) is 2. The SMILES string of the molecule is CC[C@@H](NC(=O)[C@H](C)NC)c1ccccc1. The Labute approximate surface area is 97.2 Å². The van der Waals surface area contributed by atoms with E-state index in [0.29, 0.717) is 0 Å². The number of rotatable bonds is 5.